The van der Waals surface area contributed by atoms with E-state index in [0.29, 0.717) is 11.8 Å². The Balaban J connectivity index is 1.50. The summed E-state index contributed by atoms with van der Waals surface area (Å²) in [5.74, 6) is -3.29. The van der Waals surface area contributed by atoms with Crippen LogP contribution in [0.5, 0.6) is 0 Å². The molecule has 2 aliphatic heterocycles. The van der Waals surface area contributed by atoms with Gasteiger partial charge in [-0.15, -0.1) is 0 Å². The fourth-order valence-corrected chi connectivity index (χ4v) is 5.02. The SMILES string of the molecule is C[C@]12CC3C[C@@H](C1)C[C@@](NC(=O)Nc1ccc(F)c(F)c1F)(C3)O2. The summed E-state index contributed by atoms with van der Waals surface area (Å²) in [7, 11) is 0. The van der Waals surface area contributed by atoms with Crippen molar-refractivity contribution in [1.29, 1.82) is 0 Å². The Labute approximate surface area is 137 Å². The Morgan fingerprint density at radius 2 is 1.79 bits per heavy atom. The van der Waals surface area contributed by atoms with Crippen LogP contribution in [-0.4, -0.2) is 17.4 Å². The van der Waals surface area contributed by atoms with Gasteiger partial charge in [0.25, 0.3) is 0 Å². The zero-order valence-electron chi connectivity index (χ0n) is 13.3. The quantitative estimate of drug-likeness (QED) is 0.802. The second kappa shape index (κ2) is 5.12. The van der Waals surface area contributed by atoms with E-state index in [-0.39, 0.29) is 5.60 Å². The lowest BCUT2D eigenvalue weighted by molar-refractivity contribution is -0.273. The fourth-order valence-electron chi connectivity index (χ4n) is 5.02. The summed E-state index contributed by atoms with van der Waals surface area (Å²) in [4.78, 5) is 12.3. The molecule has 4 fully saturated rings. The maximum absolute atomic E-state index is 13.7. The lowest BCUT2D eigenvalue weighted by Gasteiger charge is -2.60. The molecule has 2 amide bonds. The van der Waals surface area contributed by atoms with Crippen molar-refractivity contribution >= 4 is 11.7 Å². The number of nitrogens with one attached hydrogen (secondary N) is 2. The zero-order valence-corrected chi connectivity index (χ0v) is 13.3. The van der Waals surface area contributed by atoms with Crippen molar-refractivity contribution in [3.63, 3.8) is 0 Å². The Bertz CT molecular complexity index is 695. The lowest BCUT2D eigenvalue weighted by atomic mass is 9.60. The van der Waals surface area contributed by atoms with E-state index in [1.807, 2.05) is 0 Å². The first-order chi connectivity index (χ1) is 11.3. The van der Waals surface area contributed by atoms with Crippen molar-refractivity contribution in [3.8, 4) is 0 Å². The molecule has 2 saturated heterocycles. The molecule has 2 saturated carbocycles. The summed E-state index contributed by atoms with van der Waals surface area (Å²) in [5.41, 5.74) is -1.38. The number of carbonyl (C=O) groups is 1. The van der Waals surface area contributed by atoms with Crippen LogP contribution in [0.15, 0.2) is 12.1 Å². The van der Waals surface area contributed by atoms with Crippen molar-refractivity contribution < 1.29 is 22.7 Å². The summed E-state index contributed by atoms with van der Waals surface area (Å²) >= 11 is 0. The van der Waals surface area contributed by atoms with Gasteiger partial charge in [-0.05, 0) is 63.0 Å². The number of halogens is 3. The number of ether oxygens (including phenoxy) is 1. The summed E-state index contributed by atoms with van der Waals surface area (Å²) in [6.45, 7) is 2.06. The van der Waals surface area contributed by atoms with Crippen LogP contribution in [0.2, 0.25) is 0 Å². The van der Waals surface area contributed by atoms with Crippen LogP contribution in [-0.2, 0) is 4.74 Å². The van der Waals surface area contributed by atoms with E-state index < -0.39 is 34.9 Å². The highest BCUT2D eigenvalue weighted by atomic mass is 19.2. The van der Waals surface area contributed by atoms with Gasteiger partial charge in [0.05, 0.1) is 11.3 Å². The first-order valence-electron chi connectivity index (χ1n) is 8.20. The van der Waals surface area contributed by atoms with Crippen LogP contribution in [0, 0.1) is 29.3 Å². The summed E-state index contributed by atoms with van der Waals surface area (Å²) in [6.07, 6.45) is 4.60. The van der Waals surface area contributed by atoms with E-state index in [1.54, 1.807) is 0 Å². The largest absolute Gasteiger partial charge is 0.350 e. The van der Waals surface area contributed by atoms with Gasteiger partial charge < -0.3 is 15.4 Å². The number of urea groups is 1. The molecule has 2 heterocycles. The van der Waals surface area contributed by atoms with Crippen LogP contribution < -0.4 is 10.6 Å². The first-order valence-corrected chi connectivity index (χ1v) is 8.20. The molecule has 4 bridgehead atoms. The van der Waals surface area contributed by atoms with Gasteiger partial charge in [-0.2, -0.15) is 0 Å². The second-order valence-corrected chi connectivity index (χ2v) is 7.63. The van der Waals surface area contributed by atoms with Gasteiger partial charge in [-0.1, -0.05) is 0 Å². The molecule has 0 aromatic heterocycles. The van der Waals surface area contributed by atoms with E-state index >= 15 is 0 Å². The Kier molecular flexibility index (Phi) is 3.36. The maximum Gasteiger partial charge on any atom is 0.321 e. The van der Waals surface area contributed by atoms with Crippen molar-refractivity contribution in [2.45, 2.75) is 50.4 Å². The van der Waals surface area contributed by atoms with Crippen LogP contribution >= 0.6 is 0 Å². The first kappa shape index (κ1) is 15.7. The third kappa shape index (κ3) is 2.55. The number of hydrogen-bond donors (Lipinski definition) is 2. The molecule has 7 heteroatoms. The topological polar surface area (TPSA) is 50.4 Å². The molecule has 24 heavy (non-hydrogen) atoms. The van der Waals surface area contributed by atoms with Crippen LogP contribution in [0.25, 0.3) is 0 Å². The minimum Gasteiger partial charge on any atom is -0.350 e. The minimum atomic E-state index is -1.61. The minimum absolute atomic E-state index is 0.232. The average molecular weight is 340 g/mol. The van der Waals surface area contributed by atoms with E-state index in [4.69, 9.17) is 4.74 Å². The van der Waals surface area contributed by atoms with E-state index in [9.17, 15) is 18.0 Å². The number of rotatable bonds is 2. The van der Waals surface area contributed by atoms with Gasteiger partial charge in [0.2, 0.25) is 0 Å². The molecule has 130 valence electrons. The monoisotopic (exact) mass is 340 g/mol. The molecule has 4 aliphatic rings. The van der Waals surface area contributed by atoms with Crippen molar-refractivity contribution in [2.24, 2.45) is 11.8 Å². The van der Waals surface area contributed by atoms with Crippen LogP contribution in [0.1, 0.15) is 39.0 Å². The van der Waals surface area contributed by atoms with Gasteiger partial charge in [0, 0.05) is 0 Å². The van der Waals surface area contributed by atoms with Gasteiger partial charge in [-0.25, -0.2) is 18.0 Å². The molecule has 4 atom stereocenters. The fraction of sp³-hybridized carbons (Fsp3) is 0.588. The molecule has 4 nitrogen and oxygen atoms in total. The molecule has 1 aromatic carbocycles. The highest BCUT2D eigenvalue weighted by Crippen LogP contribution is 2.56. The molecule has 1 aromatic rings. The Morgan fingerprint density at radius 1 is 1.12 bits per heavy atom. The Hall–Kier alpha value is -1.76. The highest BCUT2D eigenvalue weighted by Gasteiger charge is 2.57. The van der Waals surface area contributed by atoms with Gasteiger partial charge >= 0.3 is 6.03 Å². The van der Waals surface area contributed by atoms with Crippen molar-refractivity contribution in [2.75, 3.05) is 5.32 Å². The molecule has 2 N–H and O–H groups in total. The smallest absolute Gasteiger partial charge is 0.321 e. The van der Waals surface area contributed by atoms with E-state index in [2.05, 4.69) is 17.6 Å². The lowest BCUT2D eigenvalue weighted by Crippen LogP contribution is -2.67. The highest BCUT2D eigenvalue weighted by molar-refractivity contribution is 5.89. The van der Waals surface area contributed by atoms with Crippen LogP contribution in [0.3, 0.4) is 0 Å². The van der Waals surface area contributed by atoms with Crippen molar-refractivity contribution in [1.82, 2.24) is 5.32 Å². The molecule has 0 spiro atoms. The molecule has 5 rings (SSSR count). The maximum atomic E-state index is 13.7. The van der Waals surface area contributed by atoms with Gasteiger partial charge in [0.1, 0.15) is 5.72 Å². The average Bonchev–Trinajstić information content (AvgIpc) is 2.45. The molecular weight excluding hydrogens is 321 g/mol. The molecule has 2 aliphatic carbocycles. The molecule has 1 unspecified atom stereocenters. The van der Waals surface area contributed by atoms with E-state index in [1.165, 1.54) is 0 Å². The molecule has 0 radical (unpaired) electrons. The number of anilines is 1. The number of amides is 2. The third-order valence-electron chi connectivity index (χ3n) is 5.41. The molecular formula is C17H19F3N2O2. The predicted molar refractivity (Wildman–Crippen MR) is 80.8 cm³/mol. The summed E-state index contributed by atoms with van der Waals surface area (Å²) in [5, 5.41) is 5.06. The predicted octanol–water partition coefficient (Wildman–Crippen LogP) is 3.92. The second-order valence-electron chi connectivity index (χ2n) is 7.63. The van der Waals surface area contributed by atoms with Crippen molar-refractivity contribution in [3.05, 3.63) is 29.6 Å². The Morgan fingerprint density at radius 3 is 2.42 bits per heavy atom. The van der Waals surface area contributed by atoms with E-state index in [0.717, 1.165) is 44.2 Å². The normalized spacial score (nSPS) is 36.7. The summed E-state index contributed by atoms with van der Waals surface area (Å²) < 4.78 is 46.1. The number of carbonyl (C=O) groups excluding carboxylic acids is 1. The number of hydrogen-bond acceptors (Lipinski definition) is 2. The standard InChI is InChI=1S/C17H19F3N2O2/c1-16-5-9-4-10(6-16)8-17(7-9,24-16)22-15(23)21-12-3-2-11(18)13(19)14(12)20/h2-3,9-10H,4-8H2,1H3,(H2,21,22,23)/t9-,10?,16+,17-/m0/s1. The third-order valence-corrected chi connectivity index (χ3v) is 5.41. The zero-order chi connectivity index (χ0) is 17.1. The van der Waals surface area contributed by atoms with Gasteiger partial charge in [-0.3, -0.25) is 0 Å². The summed E-state index contributed by atoms with van der Waals surface area (Å²) in [6, 6.07) is 1.09. The van der Waals surface area contributed by atoms with Gasteiger partial charge in [0.15, 0.2) is 17.5 Å². The van der Waals surface area contributed by atoms with Crippen LogP contribution in [0.4, 0.5) is 23.7 Å². The number of benzene rings is 1.